The van der Waals surface area contributed by atoms with Crippen LogP contribution in [0.25, 0.3) is 0 Å². The van der Waals surface area contributed by atoms with Gasteiger partial charge in [0.2, 0.25) is 0 Å². The van der Waals surface area contributed by atoms with Gasteiger partial charge in [0.15, 0.2) is 37.9 Å². The van der Waals surface area contributed by atoms with Crippen molar-refractivity contribution < 1.29 is 18.6 Å². The van der Waals surface area contributed by atoms with Gasteiger partial charge >= 0.3 is 0 Å². The summed E-state index contributed by atoms with van der Waals surface area (Å²) in [5, 5.41) is 0. The monoisotopic (exact) mass is 398 g/mol. The number of aromatic nitrogens is 2. The fourth-order valence-corrected chi connectivity index (χ4v) is 3.20. The second kappa shape index (κ2) is 10.2. The van der Waals surface area contributed by atoms with Crippen molar-refractivity contribution >= 4 is 0 Å². The highest BCUT2D eigenvalue weighted by atomic mass is 16.5. The molecule has 0 saturated heterocycles. The number of nitrogens with zero attached hydrogens (tertiary/aromatic N) is 2. The molecular weight excluding hydrogens is 372 g/mol. The van der Waals surface area contributed by atoms with Crippen LogP contribution in [-0.2, 0) is 13.1 Å². The van der Waals surface area contributed by atoms with E-state index in [1.165, 1.54) is 11.1 Å². The second-order valence-electron chi connectivity index (χ2n) is 7.08. The van der Waals surface area contributed by atoms with E-state index in [2.05, 4.69) is 57.7 Å². The van der Waals surface area contributed by atoms with Crippen molar-refractivity contribution in [2.45, 2.75) is 13.1 Å². The third kappa shape index (κ3) is 5.92. The van der Waals surface area contributed by atoms with Crippen molar-refractivity contribution in [3.63, 3.8) is 0 Å². The highest BCUT2D eigenvalue weighted by Gasteiger charge is 2.05. The van der Waals surface area contributed by atoms with E-state index in [4.69, 9.17) is 9.47 Å². The molecule has 4 nitrogen and oxygen atoms in total. The number of pyridine rings is 2. The summed E-state index contributed by atoms with van der Waals surface area (Å²) in [6.07, 6.45) is 8.13. The molecule has 0 N–H and O–H groups in total. The Balaban J connectivity index is 1.19. The fraction of sp³-hybridized carbons (Fsp3) is 0.154. The summed E-state index contributed by atoms with van der Waals surface area (Å²) >= 11 is 0. The molecule has 4 rings (SSSR count). The Morgan fingerprint density at radius 2 is 0.833 bits per heavy atom. The molecule has 0 atom stereocenters. The Bertz CT molecular complexity index is 931. The number of ether oxygens (including phenoxy) is 2. The molecule has 4 aromatic rings. The molecule has 0 radical (unpaired) electrons. The van der Waals surface area contributed by atoms with Gasteiger partial charge < -0.3 is 9.47 Å². The van der Waals surface area contributed by atoms with E-state index < -0.39 is 0 Å². The molecule has 0 unspecified atom stereocenters. The van der Waals surface area contributed by atoms with Gasteiger partial charge in [-0.25, -0.2) is 9.13 Å². The molecule has 0 aliphatic carbocycles. The first-order valence-electron chi connectivity index (χ1n) is 10.2. The van der Waals surface area contributed by atoms with E-state index in [0.29, 0.717) is 13.2 Å². The maximum absolute atomic E-state index is 5.79. The van der Waals surface area contributed by atoms with E-state index in [9.17, 15) is 0 Å². The summed E-state index contributed by atoms with van der Waals surface area (Å²) in [6, 6.07) is 28.7. The van der Waals surface area contributed by atoms with Gasteiger partial charge in [-0.15, -0.1) is 0 Å². The van der Waals surface area contributed by atoms with Crippen LogP contribution in [0.15, 0.2) is 110 Å². The average molecular weight is 399 g/mol. The van der Waals surface area contributed by atoms with Crippen molar-refractivity contribution in [1.82, 2.24) is 0 Å². The van der Waals surface area contributed by atoms with E-state index in [1.807, 2.05) is 61.2 Å². The predicted octanol–water partition coefficient (Wildman–Crippen LogP) is 3.82. The highest BCUT2D eigenvalue weighted by molar-refractivity contribution is 5.17. The summed E-state index contributed by atoms with van der Waals surface area (Å²) < 4.78 is 15.8. The number of benzene rings is 2. The summed E-state index contributed by atoms with van der Waals surface area (Å²) in [5.41, 5.74) is 2.55. The minimum absolute atomic E-state index is 0.502. The van der Waals surface area contributed by atoms with Crippen LogP contribution in [0.3, 0.4) is 0 Å². The fourth-order valence-electron chi connectivity index (χ4n) is 3.20. The maximum Gasteiger partial charge on any atom is 0.173 e. The first-order valence-corrected chi connectivity index (χ1v) is 10.2. The lowest BCUT2D eigenvalue weighted by Crippen LogP contribution is -2.33. The van der Waals surface area contributed by atoms with Crippen LogP contribution in [0.5, 0.6) is 11.5 Å². The SMILES string of the molecule is c1ccc(C[n+]2ccc(OCCOc3cc[n+](Cc4ccccc4)cc3)cc2)cc1. The third-order valence-corrected chi connectivity index (χ3v) is 4.76. The van der Waals surface area contributed by atoms with E-state index in [-0.39, 0.29) is 0 Å². The molecular formula is C26H26N2O2+2. The molecule has 4 heteroatoms. The molecule has 2 aromatic carbocycles. The van der Waals surface area contributed by atoms with Crippen LogP contribution < -0.4 is 18.6 Å². The first kappa shape index (κ1) is 19.6. The molecule has 0 bridgehead atoms. The molecule has 30 heavy (non-hydrogen) atoms. The molecule has 0 aliphatic heterocycles. The van der Waals surface area contributed by atoms with E-state index in [1.54, 1.807) is 0 Å². The Labute approximate surface area is 177 Å². The van der Waals surface area contributed by atoms with Crippen LogP contribution in [-0.4, -0.2) is 13.2 Å². The Hall–Kier alpha value is -3.66. The van der Waals surface area contributed by atoms with Crippen LogP contribution in [0.2, 0.25) is 0 Å². The zero-order valence-corrected chi connectivity index (χ0v) is 16.9. The predicted molar refractivity (Wildman–Crippen MR) is 115 cm³/mol. The molecule has 0 saturated carbocycles. The highest BCUT2D eigenvalue weighted by Crippen LogP contribution is 2.09. The summed E-state index contributed by atoms with van der Waals surface area (Å²) in [4.78, 5) is 0. The molecule has 0 amide bonds. The Kier molecular flexibility index (Phi) is 6.69. The molecule has 2 heterocycles. The standard InChI is InChI=1S/C26H26N2O2/c1-3-7-23(8-4-1)21-27-15-11-25(12-16-27)29-19-20-30-26-13-17-28(18-14-26)22-24-9-5-2-6-10-24/h1-18H,19-22H2/q+2. The van der Waals surface area contributed by atoms with Crippen LogP contribution >= 0.6 is 0 Å². The van der Waals surface area contributed by atoms with Gasteiger partial charge in [-0.05, 0) is 0 Å². The normalized spacial score (nSPS) is 10.5. The lowest BCUT2D eigenvalue weighted by molar-refractivity contribution is -0.688. The van der Waals surface area contributed by atoms with E-state index >= 15 is 0 Å². The molecule has 2 aromatic heterocycles. The van der Waals surface area contributed by atoms with Gasteiger partial charge in [-0.2, -0.15) is 0 Å². The van der Waals surface area contributed by atoms with Gasteiger partial charge in [-0.3, -0.25) is 0 Å². The smallest absolute Gasteiger partial charge is 0.173 e. The molecule has 0 aliphatic rings. The van der Waals surface area contributed by atoms with E-state index in [0.717, 1.165) is 24.6 Å². The van der Waals surface area contributed by atoms with Gasteiger partial charge in [0.25, 0.3) is 0 Å². The Morgan fingerprint density at radius 1 is 0.467 bits per heavy atom. The van der Waals surface area contributed by atoms with Crippen molar-refractivity contribution in [1.29, 1.82) is 0 Å². The Morgan fingerprint density at radius 3 is 1.20 bits per heavy atom. The van der Waals surface area contributed by atoms with Gasteiger partial charge in [0.05, 0.1) is 0 Å². The molecule has 0 fully saturated rings. The van der Waals surface area contributed by atoms with Crippen molar-refractivity contribution in [3.8, 4) is 11.5 Å². The lowest BCUT2D eigenvalue weighted by atomic mass is 10.2. The minimum Gasteiger partial charge on any atom is -0.490 e. The number of hydrogen-bond acceptors (Lipinski definition) is 2. The zero-order chi connectivity index (χ0) is 20.4. The summed E-state index contributed by atoms with van der Waals surface area (Å²) in [5.74, 6) is 1.69. The molecule has 0 spiro atoms. The van der Waals surface area contributed by atoms with Crippen LogP contribution in [0.4, 0.5) is 0 Å². The maximum atomic E-state index is 5.79. The van der Waals surface area contributed by atoms with Gasteiger partial charge in [-0.1, -0.05) is 60.7 Å². The topological polar surface area (TPSA) is 26.2 Å². The van der Waals surface area contributed by atoms with Crippen LogP contribution in [0.1, 0.15) is 11.1 Å². The second-order valence-corrected chi connectivity index (χ2v) is 7.08. The summed E-state index contributed by atoms with van der Waals surface area (Å²) in [7, 11) is 0. The van der Waals surface area contributed by atoms with Crippen LogP contribution in [0, 0.1) is 0 Å². The van der Waals surface area contributed by atoms with Gasteiger partial charge in [0, 0.05) is 35.4 Å². The molecule has 150 valence electrons. The quantitative estimate of drug-likeness (QED) is 0.317. The number of hydrogen-bond donors (Lipinski definition) is 0. The third-order valence-electron chi connectivity index (χ3n) is 4.76. The average Bonchev–Trinajstić information content (AvgIpc) is 2.80. The zero-order valence-electron chi connectivity index (χ0n) is 16.9. The first-order chi connectivity index (χ1) is 14.8. The number of rotatable bonds is 9. The lowest BCUT2D eigenvalue weighted by Gasteiger charge is -2.07. The minimum atomic E-state index is 0.502. The van der Waals surface area contributed by atoms with Crippen molar-refractivity contribution in [2.24, 2.45) is 0 Å². The largest absolute Gasteiger partial charge is 0.490 e. The van der Waals surface area contributed by atoms with Crippen molar-refractivity contribution in [2.75, 3.05) is 13.2 Å². The summed E-state index contributed by atoms with van der Waals surface area (Å²) in [6.45, 7) is 2.70. The van der Waals surface area contributed by atoms with Gasteiger partial charge in [0.1, 0.15) is 24.7 Å². The van der Waals surface area contributed by atoms with Crippen molar-refractivity contribution in [3.05, 3.63) is 121 Å².